The van der Waals surface area contributed by atoms with Crippen LogP contribution in [-0.2, 0) is 20.9 Å². The number of carbonyl (C=O) groups is 2. The fraction of sp³-hybridized carbons (Fsp3) is 0.240. The number of hydrogen-bond acceptors (Lipinski definition) is 7. The molecule has 0 aliphatic carbocycles. The first-order valence-electron chi connectivity index (χ1n) is 11.3. The van der Waals surface area contributed by atoms with Gasteiger partial charge in [0, 0.05) is 23.7 Å². The summed E-state index contributed by atoms with van der Waals surface area (Å²) in [5.41, 5.74) is 1.72. The third kappa shape index (κ3) is 5.35. The van der Waals surface area contributed by atoms with Gasteiger partial charge in [-0.25, -0.2) is 0 Å². The quantitative estimate of drug-likeness (QED) is 0.577. The van der Waals surface area contributed by atoms with Gasteiger partial charge in [-0.15, -0.1) is 0 Å². The Bertz CT molecular complexity index is 1300. The molecule has 36 heavy (non-hydrogen) atoms. The van der Waals surface area contributed by atoms with Crippen molar-refractivity contribution in [3.63, 3.8) is 0 Å². The van der Waals surface area contributed by atoms with Crippen LogP contribution in [0.3, 0.4) is 0 Å². The van der Waals surface area contributed by atoms with Gasteiger partial charge >= 0.3 is 0 Å². The van der Waals surface area contributed by atoms with Crippen LogP contribution < -0.4 is 4.74 Å². The number of rotatable bonds is 6. The number of thioether (sulfide) groups is 1. The van der Waals surface area contributed by atoms with Crippen LogP contribution in [0, 0.1) is 5.41 Å². The monoisotopic (exact) mass is 523 g/mol. The second-order valence-corrected chi connectivity index (χ2v) is 9.58. The molecule has 1 N–H and O–H groups in total. The average Bonchev–Trinajstić information content (AvgIpc) is 3.29. The minimum atomic E-state index is -0.520. The molecule has 2 aromatic carbocycles. The van der Waals surface area contributed by atoms with Gasteiger partial charge in [0.1, 0.15) is 17.4 Å². The van der Waals surface area contributed by atoms with Crippen LogP contribution in [0.1, 0.15) is 17.5 Å². The average molecular weight is 524 g/mol. The van der Waals surface area contributed by atoms with Gasteiger partial charge in [0.2, 0.25) is 11.1 Å². The predicted molar refractivity (Wildman–Crippen MR) is 139 cm³/mol. The number of hydrogen-bond donors (Lipinski definition) is 1. The van der Waals surface area contributed by atoms with Crippen LogP contribution in [0.2, 0.25) is 5.02 Å². The van der Waals surface area contributed by atoms with Crippen molar-refractivity contribution >= 4 is 57.3 Å². The number of nitrogens with one attached hydrogen (secondary N) is 1. The highest BCUT2D eigenvalue weighted by atomic mass is 35.5. The summed E-state index contributed by atoms with van der Waals surface area (Å²) >= 11 is 7.31. The Balaban J connectivity index is 1.25. The van der Waals surface area contributed by atoms with Crippen molar-refractivity contribution in [3.05, 3.63) is 70.3 Å². The number of aliphatic imine (C=N–C) groups is 1. The maximum Gasteiger partial charge on any atom is 0.283 e. The number of fused-ring (bicyclic) bond motifs is 1. The molecule has 1 saturated heterocycles. The standard InChI is InChI=1S/C25H22ClN5O4S/c26-20-4-2-1-3-17(20)15-35-18-7-5-16(6-8-18)13-19-23(27)31-25(28-24(19)33)36-21(29-31)14-22(32)30-9-11-34-12-10-30/h1-8,13,27H,9-12,14-15H2/b19-13-,27-23?. The second-order valence-electron chi connectivity index (χ2n) is 8.13. The van der Waals surface area contributed by atoms with E-state index in [-0.39, 0.29) is 28.9 Å². The Morgan fingerprint density at radius 2 is 1.92 bits per heavy atom. The Kier molecular flexibility index (Phi) is 7.17. The maximum absolute atomic E-state index is 12.7. The molecule has 0 radical (unpaired) electrons. The SMILES string of the molecule is N=C1/C(=C/c2ccc(OCc3ccccc3Cl)cc2)C(=O)N=C2SC(CC(=O)N3CCOCC3)=NN12. The van der Waals surface area contributed by atoms with Gasteiger partial charge in [0.15, 0.2) is 5.84 Å². The van der Waals surface area contributed by atoms with Crippen LogP contribution in [0.25, 0.3) is 6.08 Å². The molecule has 0 spiro atoms. The summed E-state index contributed by atoms with van der Waals surface area (Å²) in [4.78, 5) is 31.0. The van der Waals surface area contributed by atoms with E-state index in [0.717, 1.165) is 17.3 Å². The fourth-order valence-electron chi connectivity index (χ4n) is 3.76. The smallest absolute Gasteiger partial charge is 0.283 e. The first-order chi connectivity index (χ1) is 17.5. The summed E-state index contributed by atoms with van der Waals surface area (Å²) in [6.07, 6.45) is 1.69. The van der Waals surface area contributed by atoms with E-state index in [1.54, 1.807) is 35.2 Å². The lowest BCUT2D eigenvalue weighted by atomic mass is 10.1. The minimum absolute atomic E-state index is 0.0598. The van der Waals surface area contributed by atoms with E-state index in [2.05, 4.69) is 10.1 Å². The number of ether oxygens (including phenoxy) is 2. The Morgan fingerprint density at radius 3 is 2.67 bits per heavy atom. The molecule has 0 aromatic heterocycles. The molecule has 0 atom stereocenters. The van der Waals surface area contributed by atoms with Gasteiger partial charge in [-0.1, -0.05) is 41.9 Å². The van der Waals surface area contributed by atoms with Gasteiger partial charge in [-0.05, 0) is 41.6 Å². The maximum atomic E-state index is 12.7. The van der Waals surface area contributed by atoms with Gasteiger partial charge in [0.05, 0.1) is 25.2 Å². The molecule has 1 fully saturated rings. The summed E-state index contributed by atoms with van der Waals surface area (Å²) in [5, 5.41) is 15.7. The molecule has 2 aromatic rings. The lowest BCUT2D eigenvalue weighted by molar-refractivity contribution is -0.133. The highest BCUT2D eigenvalue weighted by molar-refractivity contribution is 8.27. The van der Waals surface area contributed by atoms with Gasteiger partial charge in [-0.3, -0.25) is 15.0 Å². The molecule has 5 rings (SSSR count). The Morgan fingerprint density at radius 1 is 1.17 bits per heavy atom. The minimum Gasteiger partial charge on any atom is -0.489 e. The van der Waals surface area contributed by atoms with E-state index in [0.29, 0.717) is 54.3 Å². The number of halogens is 1. The van der Waals surface area contributed by atoms with E-state index in [1.165, 1.54) is 5.01 Å². The molecule has 0 bridgehead atoms. The van der Waals surface area contributed by atoms with Crippen LogP contribution >= 0.6 is 23.4 Å². The molecule has 11 heteroatoms. The first-order valence-corrected chi connectivity index (χ1v) is 12.5. The number of benzene rings is 2. The van der Waals surface area contributed by atoms with E-state index in [4.69, 9.17) is 26.5 Å². The predicted octanol–water partition coefficient (Wildman–Crippen LogP) is 3.79. The van der Waals surface area contributed by atoms with Crippen LogP contribution in [0.15, 0.2) is 64.2 Å². The van der Waals surface area contributed by atoms with E-state index >= 15 is 0 Å². The van der Waals surface area contributed by atoms with Crippen LogP contribution in [0.4, 0.5) is 0 Å². The van der Waals surface area contributed by atoms with Crippen molar-refractivity contribution in [1.82, 2.24) is 9.91 Å². The Labute approximate surface area is 216 Å². The number of morpholine rings is 1. The summed E-state index contributed by atoms with van der Waals surface area (Å²) in [5.74, 6) is -0.00729. The molecule has 3 aliphatic heterocycles. The lowest BCUT2D eigenvalue weighted by Crippen LogP contribution is -2.41. The fourth-order valence-corrected chi connectivity index (χ4v) is 4.83. The zero-order chi connectivity index (χ0) is 25.1. The number of carbonyl (C=O) groups excluding carboxylic acids is 2. The molecule has 3 heterocycles. The van der Waals surface area contributed by atoms with Crippen molar-refractivity contribution in [2.24, 2.45) is 10.1 Å². The molecular formula is C25H22ClN5O4S. The molecule has 2 amide bonds. The van der Waals surface area contributed by atoms with Crippen molar-refractivity contribution in [2.45, 2.75) is 13.0 Å². The number of amides is 2. The normalized spacial score (nSPS) is 18.8. The van der Waals surface area contributed by atoms with E-state index < -0.39 is 5.91 Å². The summed E-state index contributed by atoms with van der Waals surface area (Å²) < 4.78 is 11.1. The van der Waals surface area contributed by atoms with Crippen molar-refractivity contribution in [1.29, 1.82) is 5.41 Å². The Hall–Kier alpha value is -3.47. The van der Waals surface area contributed by atoms with Gasteiger partial charge < -0.3 is 14.4 Å². The van der Waals surface area contributed by atoms with Crippen molar-refractivity contribution in [3.8, 4) is 5.75 Å². The summed E-state index contributed by atoms with van der Waals surface area (Å²) in [7, 11) is 0. The number of hydrazone groups is 1. The summed E-state index contributed by atoms with van der Waals surface area (Å²) in [6.45, 7) is 2.47. The third-order valence-electron chi connectivity index (χ3n) is 5.71. The molecule has 0 saturated carbocycles. The lowest BCUT2D eigenvalue weighted by Gasteiger charge is -2.26. The topological polar surface area (TPSA) is 108 Å². The highest BCUT2D eigenvalue weighted by Crippen LogP contribution is 2.30. The number of nitrogens with zero attached hydrogens (tertiary/aromatic N) is 4. The molecule has 0 unspecified atom stereocenters. The van der Waals surface area contributed by atoms with Crippen molar-refractivity contribution in [2.75, 3.05) is 26.3 Å². The van der Waals surface area contributed by atoms with Crippen LogP contribution in [-0.4, -0.2) is 64.1 Å². The van der Waals surface area contributed by atoms with E-state index in [9.17, 15) is 9.59 Å². The molecule has 184 valence electrons. The second kappa shape index (κ2) is 10.7. The molecule has 9 nitrogen and oxygen atoms in total. The first kappa shape index (κ1) is 24.2. The summed E-state index contributed by atoms with van der Waals surface area (Å²) in [6, 6.07) is 14.6. The number of amidine groups is 2. The van der Waals surface area contributed by atoms with Gasteiger partial charge in [0.25, 0.3) is 5.91 Å². The zero-order valence-corrected chi connectivity index (χ0v) is 20.7. The third-order valence-corrected chi connectivity index (χ3v) is 6.98. The highest BCUT2D eigenvalue weighted by Gasteiger charge is 2.36. The largest absolute Gasteiger partial charge is 0.489 e. The van der Waals surface area contributed by atoms with Crippen LogP contribution in [0.5, 0.6) is 5.75 Å². The van der Waals surface area contributed by atoms with Gasteiger partial charge in [-0.2, -0.15) is 15.1 Å². The molecular weight excluding hydrogens is 502 g/mol. The molecule has 3 aliphatic rings. The van der Waals surface area contributed by atoms with E-state index in [1.807, 2.05) is 24.3 Å². The van der Waals surface area contributed by atoms with Crippen molar-refractivity contribution < 1.29 is 19.1 Å². The zero-order valence-electron chi connectivity index (χ0n) is 19.1.